The lowest BCUT2D eigenvalue weighted by Crippen LogP contribution is -2.41. The van der Waals surface area contributed by atoms with E-state index in [1.807, 2.05) is 0 Å². The van der Waals surface area contributed by atoms with Gasteiger partial charge in [0.25, 0.3) is 5.91 Å². The number of hydrogen-bond acceptors (Lipinski definition) is 5. The summed E-state index contributed by atoms with van der Waals surface area (Å²) in [4.78, 5) is 33.7. The number of imide groups is 1. The molecule has 1 heterocycles. The number of rotatable bonds is 4. The Labute approximate surface area is 119 Å². The summed E-state index contributed by atoms with van der Waals surface area (Å²) in [6.07, 6.45) is 0. The molecule has 0 aliphatic carbocycles. The van der Waals surface area contributed by atoms with Gasteiger partial charge in [0.1, 0.15) is 11.3 Å². The molecule has 0 fully saturated rings. The molecule has 3 amide bonds. The average Bonchev–Trinajstić information content (AvgIpc) is 2.44. The van der Waals surface area contributed by atoms with Gasteiger partial charge in [0.2, 0.25) is 0 Å². The minimum Gasteiger partial charge on any atom is -0.484 e. The summed E-state index contributed by atoms with van der Waals surface area (Å²) in [7, 11) is 0. The number of hydrogen-bond donors (Lipinski definition) is 2. The first-order valence-electron chi connectivity index (χ1n) is 6.33. The van der Waals surface area contributed by atoms with Crippen molar-refractivity contribution >= 4 is 22.9 Å². The van der Waals surface area contributed by atoms with Gasteiger partial charge in [-0.2, -0.15) is 0 Å². The van der Waals surface area contributed by atoms with Crippen molar-refractivity contribution in [1.29, 1.82) is 0 Å². The molecule has 0 aliphatic heterocycles. The van der Waals surface area contributed by atoms with Gasteiger partial charge in [-0.1, -0.05) is 0 Å². The van der Waals surface area contributed by atoms with Crippen LogP contribution in [0.3, 0.4) is 0 Å². The lowest BCUT2D eigenvalue weighted by Gasteiger charge is -2.07. The maximum atomic E-state index is 11.4. The summed E-state index contributed by atoms with van der Waals surface area (Å²) in [5.74, 6) is -0.210. The van der Waals surface area contributed by atoms with E-state index in [0.29, 0.717) is 17.9 Å². The molecular weight excluding hydrogens is 276 g/mol. The summed E-state index contributed by atoms with van der Waals surface area (Å²) in [5.41, 5.74) is -0.0993. The third kappa shape index (κ3) is 4.07. The van der Waals surface area contributed by atoms with Crippen molar-refractivity contribution in [3.8, 4) is 5.75 Å². The second kappa shape index (κ2) is 6.56. The van der Waals surface area contributed by atoms with Crippen molar-refractivity contribution in [2.75, 3.05) is 13.2 Å². The largest absolute Gasteiger partial charge is 0.484 e. The highest BCUT2D eigenvalue weighted by atomic mass is 16.5. The van der Waals surface area contributed by atoms with Crippen molar-refractivity contribution in [1.82, 2.24) is 10.6 Å². The van der Waals surface area contributed by atoms with Crippen LogP contribution in [-0.4, -0.2) is 25.1 Å². The third-order valence-corrected chi connectivity index (χ3v) is 2.55. The van der Waals surface area contributed by atoms with E-state index in [1.165, 1.54) is 12.1 Å². The Hall–Kier alpha value is -2.83. The molecule has 1 aromatic carbocycles. The minimum atomic E-state index is -0.574. The van der Waals surface area contributed by atoms with E-state index in [9.17, 15) is 14.4 Å². The molecule has 2 rings (SSSR count). The fourth-order valence-electron chi connectivity index (χ4n) is 1.65. The van der Waals surface area contributed by atoms with Crippen molar-refractivity contribution in [2.45, 2.75) is 6.92 Å². The van der Waals surface area contributed by atoms with Crippen LogP contribution >= 0.6 is 0 Å². The standard InChI is InChI=1S/C14H14N2O5/c1-2-15-14(19)16-12(17)8-20-10-5-3-9-4-6-13(18)21-11(9)7-10/h3-7H,2,8H2,1H3,(H2,15,16,17,19). The summed E-state index contributed by atoms with van der Waals surface area (Å²) >= 11 is 0. The van der Waals surface area contributed by atoms with Gasteiger partial charge in [-0.25, -0.2) is 9.59 Å². The molecule has 0 saturated carbocycles. The summed E-state index contributed by atoms with van der Waals surface area (Å²) in [6.45, 7) is 1.84. The normalized spacial score (nSPS) is 10.1. The Morgan fingerprint density at radius 1 is 1.24 bits per heavy atom. The molecule has 7 heteroatoms. The molecule has 0 unspecified atom stereocenters. The number of nitrogens with one attached hydrogen (secondary N) is 2. The topological polar surface area (TPSA) is 97.6 Å². The highest BCUT2D eigenvalue weighted by Gasteiger charge is 2.08. The third-order valence-electron chi connectivity index (χ3n) is 2.55. The Kier molecular flexibility index (Phi) is 4.55. The van der Waals surface area contributed by atoms with Gasteiger partial charge in [-0.15, -0.1) is 0 Å². The maximum absolute atomic E-state index is 11.4. The Bertz CT molecular complexity index is 723. The molecule has 0 spiro atoms. The first kappa shape index (κ1) is 14.6. The Morgan fingerprint density at radius 2 is 2.00 bits per heavy atom. The van der Waals surface area contributed by atoms with Crippen LogP contribution in [0.5, 0.6) is 5.75 Å². The maximum Gasteiger partial charge on any atom is 0.336 e. The molecule has 1 aromatic heterocycles. The van der Waals surface area contributed by atoms with E-state index in [0.717, 1.165) is 5.39 Å². The minimum absolute atomic E-state index is 0.320. The van der Waals surface area contributed by atoms with Gasteiger partial charge in [-0.05, 0) is 25.1 Å². The fraction of sp³-hybridized carbons (Fsp3) is 0.214. The van der Waals surface area contributed by atoms with E-state index >= 15 is 0 Å². The smallest absolute Gasteiger partial charge is 0.336 e. The van der Waals surface area contributed by atoms with Crippen molar-refractivity contribution in [3.05, 3.63) is 40.8 Å². The molecular formula is C14H14N2O5. The predicted molar refractivity (Wildman–Crippen MR) is 75.2 cm³/mol. The van der Waals surface area contributed by atoms with Crippen LogP contribution in [0.15, 0.2) is 39.5 Å². The Balaban J connectivity index is 1.98. The second-order valence-electron chi connectivity index (χ2n) is 4.15. The Morgan fingerprint density at radius 3 is 2.76 bits per heavy atom. The number of ether oxygens (including phenoxy) is 1. The van der Waals surface area contributed by atoms with Gasteiger partial charge in [0.15, 0.2) is 6.61 Å². The zero-order valence-electron chi connectivity index (χ0n) is 11.3. The van der Waals surface area contributed by atoms with E-state index in [1.54, 1.807) is 25.1 Å². The van der Waals surface area contributed by atoms with Gasteiger partial charge in [-0.3, -0.25) is 10.1 Å². The van der Waals surface area contributed by atoms with Crippen LogP contribution in [0.2, 0.25) is 0 Å². The van der Waals surface area contributed by atoms with Crippen LogP contribution in [0.25, 0.3) is 11.0 Å². The zero-order chi connectivity index (χ0) is 15.2. The van der Waals surface area contributed by atoms with Crippen molar-refractivity contribution in [2.24, 2.45) is 0 Å². The molecule has 0 atom stereocenters. The van der Waals surface area contributed by atoms with Gasteiger partial charge < -0.3 is 14.5 Å². The molecule has 0 radical (unpaired) electrons. The molecule has 0 bridgehead atoms. The fourth-order valence-corrected chi connectivity index (χ4v) is 1.65. The van der Waals surface area contributed by atoms with Crippen LogP contribution in [0, 0.1) is 0 Å². The molecule has 0 saturated heterocycles. The number of urea groups is 1. The molecule has 2 N–H and O–H groups in total. The van der Waals surface area contributed by atoms with E-state index in [2.05, 4.69) is 10.6 Å². The highest BCUT2D eigenvalue weighted by Crippen LogP contribution is 2.19. The monoisotopic (exact) mass is 290 g/mol. The van der Waals surface area contributed by atoms with Crippen molar-refractivity contribution < 1.29 is 18.7 Å². The van der Waals surface area contributed by atoms with Crippen LogP contribution in [0.4, 0.5) is 4.79 Å². The zero-order valence-corrected chi connectivity index (χ0v) is 11.3. The van der Waals surface area contributed by atoms with Gasteiger partial charge in [0.05, 0.1) is 0 Å². The van der Waals surface area contributed by atoms with Crippen LogP contribution in [0.1, 0.15) is 6.92 Å². The number of carbonyl (C=O) groups is 2. The number of fused-ring (bicyclic) bond motifs is 1. The summed E-state index contributed by atoms with van der Waals surface area (Å²) < 4.78 is 10.2. The molecule has 0 aliphatic rings. The number of carbonyl (C=O) groups excluding carboxylic acids is 2. The van der Waals surface area contributed by atoms with Crippen molar-refractivity contribution in [3.63, 3.8) is 0 Å². The SMILES string of the molecule is CCNC(=O)NC(=O)COc1ccc2ccc(=O)oc2c1. The van der Waals surface area contributed by atoms with E-state index in [4.69, 9.17) is 9.15 Å². The second-order valence-corrected chi connectivity index (χ2v) is 4.15. The van der Waals surface area contributed by atoms with Gasteiger partial charge >= 0.3 is 11.7 Å². The highest BCUT2D eigenvalue weighted by molar-refractivity contribution is 5.95. The molecule has 110 valence electrons. The average molecular weight is 290 g/mol. The first-order valence-corrected chi connectivity index (χ1v) is 6.33. The summed E-state index contributed by atoms with van der Waals surface area (Å²) in [5, 5.41) is 5.28. The summed E-state index contributed by atoms with van der Waals surface area (Å²) in [6, 6.07) is 7.23. The van der Waals surface area contributed by atoms with Crippen LogP contribution < -0.4 is 21.0 Å². The van der Waals surface area contributed by atoms with E-state index in [-0.39, 0.29) is 6.61 Å². The molecule has 21 heavy (non-hydrogen) atoms. The van der Waals surface area contributed by atoms with E-state index < -0.39 is 17.6 Å². The van der Waals surface area contributed by atoms with Gasteiger partial charge in [0, 0.05) is 24.1 Å². The lowest BCUT2D eigenvalue weighted by molar-refractivity contribution is -0.122. The number of amides is 3. The molecule has 7 nitrogen and oxygen atoms in total. The first-order chi connectivity index (χ1) is 10.1. The number of benzene rings is 1. The predicted octanol–water partition coefficient (Wildman–Crippen LogP) is 1.02. The molecule has 2 aromatic rings. The lowest BCUT2D eigenvalue weighted by atomic mass is 10.2. The quantitative estimate of drug-likeness (QED) is 0.819. The van der Waals surface area contributed by atoms with Crippen LogP contribution in [-0.2, 0) is 4.79 Å².